The Balaban J connectivity index is 0.00000342. The van der Waals surface area contributed by atoms with Crippen LogP contribution in [0, 0.1) is 5.92 Å². The topological polar surface area (TPSA) is 96.8 Å². The Morgan fingerprint density at radius 3 is 2.69 bits per heavy atom. The highest BCUT2D eigenvalue weighted by Gasteiger charge is 2.23. The Bertz CT molecular complexity index is 1150. The SMILES string of the molecule is C.C=CC(=O)NCc1cccc(Nc2nc(CC3CCC(NC)CC3)nc3c2ncn3C(C)C)c1. The van der Waals surface area contributed by atoms with Crippen molar-refractivity contribution in [2.45, 2.75) is 72.0 Å². The van der Waals surface area contributed by atoms with E-state index in [1.165, 1.54) is 31.8 Å². The molecule has 1 aliphatic carbocycles. The molecule has 4 rings (SSSR count). The van der Waals surface area contributed by atoms with Gasteiger partial charge in [0, 0.05) is 30.7 Å². The molecule has 1 aromatic carbocycles. The highest BCUT2D eigenvalue weighted by molar-refractivity contribution is 5.87. The second-order valence-electron chi connectivity index (χ2n) is 9.36. The minimum atomic E-state index is -0.191. The molecule has 188 valence electrons. The number of nitrogens with one attached hydrogen (secondary N) is 3. The second kappa shape index (κ2) is 11.9. The number of aromatic nitrogens is 4. The van der Waals surface area contributed by atoms with Crippen LogP contribution in [0.2, 0.25) is 0 Å². The summed E-state index contributed by atoms with van der Waals surface area (Å²) in [6.07, 6.45) is 8.78. The average molecular weight is 478 g/mol. The molecule has 1 aliphatic rings. The van der Waals surface area contributed by atoms with Crippen LogP contribution in [0.3, 0.4) is 0 Å². The molecule has 1 amide bonds. The van der Waals surface area contributed by atoms with Crippen molar-refractivity contribution in [1.29, 1.82) is 0 Å². The fourth-order valence-corrected chi connectivity index (χ4v) is 4.59. The van der Waals surface area contributed by atoms with Gasteiger partial charge in [-0.05, 0) is 76.3 Å². The molecule has 2 aromatic heterocycles. The Hall–Kier alpha value is -3.26. The minimum absolute atomic E-state index is 0. The maximum atomic E-state index is 11.5. The fraction of sp³-hybridized carbons (Fsp3) is 0.481. The first-order valence-electron chi connectivity index (χ1n) is 12.1. The standard InChI is InChI=1S/C26H35N7O.CH4/c1-5-23(34)28-15-19-7-6-8-21(13-19)30-25-24-26(33(16-29-24)17(2)3)32-22(31-25)14-18-9-11-20(27-4)12-10-18;/h5-8,13,16-18,20,27H,1,9-12,14-15H2,2-4H3,(H,28,34)(H,30,31,32);1H4. The molecule has 8 heteroatoms. The van der Waals surface area contributed by atoms with Gasteiger partial charge in [-0.3, -0.25) is 4.79 Å². The molecule has 35 heavy (non-hydrogen) atoms. The normalized spacial score (nSPS) is 17.7. The summed E-state index contributed by atoms with van der Waals surface area (Å²) in [4.78, 5) is 26.0. The molecule has 0 bridgehead atoms. The lowest BCUT2D eigenvalue weighted by molar-refractivity contribution is -0.116. The van der Waals surface area contributed by atoms with Crippen LogP contribution < -0.4 is 16.0 Å². The van der Waals surface area contributed by atoms with Gasteiger partial charge >= 0.3 is 0 Å². The fourth-order valence-electron chi connectivity index (χ4n) is 4.59. The lowest BCUT2D eigenvalue weighted by Crippen LogP contribution is -2.30. The molecule has 0 unspecified atom stereocenters. The van der Waals surface area contributed by atoms with Crippen molar-refractivity contribution in [3.63, 3.8) is 0 Å². The Morgan fingerprint density at radius 2 is 2.00 bits per heavy atom. The maximum absolute atomic E-state index is 11.5. The molecular weight excluding hydrogens is 438 g/mol. The van der Waals surface area contributed by atoms with E-state index in [2.05, 4.69) is 53.0 Å². The quantitative estimate of drug-likeness (QED) is 0.379. The number of nitrogens with zero attached hydrogens (tertiary/aromatic N) is 4. The zero-order chi connectivity index (χ0) is 24.1. The van der Waals surface area contributed by atoms with Crippen LogP contribution in [0.15, 0.2) is 43.2 Å². The monoisotopic (exact) mass is 477 g/mol. The molecule has 0 spiro atoms. The molecule has 3 aromatic rings. The van der Waals surface area contributed by atoms with Crippen molar-refractivity contribution in [2.24, 2.45) is 5.92 Å². The van der Waals surface area contributed by atoms with Crippen LogP contribution >= 0.6 is 0 Å². The van der Waals surface area contributed by atoms with E-state index in [0.29, 0.717) is 18.5 Å². The molecule has 2 heterocycles. The summed E-state index contributed by atoms with van der Waals surface area (Å²) >= 11 is 0. The van der Waals surface area contributed by atoms with E-state index < -0.39 is 0 Å². The van der Waals surface area contributed by atoms with E-state index in [0.717, 1.165) is 40.5 Å². The number of hydrogen-bond donors (Lipinski definition) is 3. The Labute approximate surface area is 208 Å². The van der Waals surface area contributed by atoms with Gasteiger partial charge in [0.2, 0.25) is 5.91 Å². The summed E-state index contributed by atoms with van der Waals surface area (Å²) in [5, 5.41) is 9.69. The zero-order valence-electron chi connectivity index (χ0n) is 20.3. The number of amides is 1. The highest BCUT2D eigenvalue weighted by Crippen LogP contribution is 2.29. The average Bonchev–Trinajstić information content (AvgIpc) is 3.28. The van der Waals surface area contributed by atoms with Gasteiger partial charge in [-0.25, -0.2) is 15.0 Å². The number of imidazole rings is 1. The van der Waals surface area contributed by atoms with Crippen molar-refractivity contribution in [3.05, 3.63) is 54.6 Å². The highest BCUT2D eigenvalue weighted by atomic mass is 16.1. The van der Waals surface area contributed by atoms with Crippen molar-refractivity contribution >= 4 is 28.6 Å². The number of carbonyl (C=O) groups excluding carboxylic acids is 1. The smallest absolute Gasteiger partial charge is 0.243 e. The summed E-state index contributed by atoms with van der Waals surface area (Å²) in [5.41, 5.74) is 3.51. The minimum Gasteiger partial charge on any atom is -0.348 e. The van der Waals surface area contributed by atoms with Crippen LogP contribution in [-0.2, 0) is 17.8 Å². The third-order valence-corrected chi connectivity index (χ3v) is 6.59. The third-order valence-electron chi connectivity index (χ3n) is 6.59. The number of fused-ring (bicyclic) bond motifs is 1. The zero-order valence-corrected chi connectivity index (χ0v) is 20.3. The Morgan fingerprint density at radius 1 is 1.23 bits per heavy atom. The van der Waals surface area contributed by atoms with Crippen LogP contribution in [0.1, 0.15) is 64.4 Å². The van der Waals surface area contributed by atoms with Crippen molar-refractivity contribution in [2.75, 3.05) is 12.4 Å². The molecule has 0 atom stereocenters. The summed E-state index contributed by atoms with van der Waals surface area (Å²) < 4.78 is 2.10. The van der Waals surface area contributed by atoms with Gasteiger partial charge in [-0.2, -0.15) is 0 Å². The van der Waals surface area contributed by atoms with Gasteiger partial charge in [-0.1, -0.05) is 26.1 Å². The number of carbonyl (C=O) groups is 1. The molecular formula is C27H39N7O. The van der Waals surface area contributed by atoms with Crippen molar-refractivity contribution < 1.29 is 4.79 Å². The van der Waals surface area contributed by atoms with Crippen LogP contribution in [-0.4, -0.2) is 38.5 Å². The lowest BCUT2D eigenvalue weighted by atomic mass is 9.84. The number of benzene rings is 1. The van der Waals surface area contributed by atoms with E-state index in [4.69, 9.17) is 9.97 Å². The van der Waals surface area contributed by atoms with E-state index in [1.807, 2.05) is 30.6 Å². The molecule has 0 radical (unpaired) electrons. The number of anilines is 2. The summed E-state index contributed by atoms with van der Waals surface area (Å²) in [6.45, 7) is 8.20. The van der Waals surface area contributed by atoms with E-state index >= 15 is 0 Å². The van der Waals surface area contributed by atoms with Crippen LogP contribution in [0.25, 0.3) is 11.2 Å². The van der Waals surface area contributed by atoms with Gasteiger partial charge in [0.15, 0.2) is 17.0 Å². The van der Waals surface area contributed by atoms with Gasteiger partial charge in [0.1, 0.15) is 5.82 Å². The van der Waals surface area contributed by atoms with Gasteiger partial charge in [0.05, 0.1) is 6.33 Å². The van der Waals surface area contributed by atoms with Crippen LogP contribution in [0.5, 0.6) is 0 Å². The number of rotatable bonds is 9. The van der Waals surface area contributed by atoms with Gasteiger partial charge in [-0.15, -0.1) is 0 Å². The predicted molar refractivity (Wildman–Crippen MR) is 143 cm³/mol. The first kappa shape index (κ1) is 26.3. The maximum Gasteiger partial charge on any atom is 0.243 e. The largest absolute Gasteiger partial charge is 0.348 e. The molecule has 0 saturated heterocycles. The third kappa shape index (κ3) is 6.45. The predicted octanol–water partition coefficient (Wildman–Crippen LogP) is 4.91. The van der Waals surface area contributed by atoms with Gasteiger partial charge < -0.3 is 20.5 Å². The van der Waals surface area contributed by atoms with E-state index in [-0.39, 0.29) is 19.4 Å². The van der Waals surface area contributed by atoms with E-state index in [9.17, 15) is 4.79 Å². The Kier molecular flexibility index (Phi) is 8.98. The molecule has 3 N–H and O–H groups in total. The van der Waals surface area contributed by atoms with Crippen molar-refractivity contribution in [3.8, 4) is 0 Å². The van der Waals surface area contributed by atoms with E-state index in [1.54, 1.807) is 0 Å². The summed E-state index contributed by atoms with van der Waals surface area (Å²) in [6, 6.07) is 8.82. The second-order valence-corrected chi connectivity index (χ2v) is 9.36. The summed E-state index contributed by atoms with van der Waals surface area (Å²) in [5.74, 6) is 1.99. The number of hydrogen-bond acceptors (Lipinski definition) is 6. The molecule has 1 saturated carbocycles. The molecule has 0 aliphatic heterocycles. The van der Waals surface area contributed by atoms with Crippen molar-refractivity contribution in [1.82, 2.24) is 30.2 Å². The van der Waals surface area contributed by atoms with Crippen LogP contribution in [0.4, 0.5) is 11.5 Å². The first-order chi connectivity index (χ1) is 16.5. The summed E-state index contributed by atoms with van der Waals surface area (Å²) in [7, 11) is 2.05. The first-order valence-corrected chi connectivity index (χ1v) is 12.1. The molecule has 8 nitrogen and oxygen atoms in total. The van der Waals surface area contributed by atoms with Gasteiger partial charge in [0.25, 0.3) is 0 Å². The molecule has 1 fully saturated rings. The lowest BCUT2D eigenvalue weighted by Gasteiger charge is -2.27.